The molecule has 0 unspecified atom stereocenters. The van der Waals surface area contributed by atoms with E-state index in [1.54, 1.807) is 0 Å². The number of halogens is 3. The Morgan fingerprint density at radius 2 is 2.10 bits per heavy atom. The number of esters is 1. The van der Waals surface area contributed by atoms with E-state index in [1.165, 1.54) is 4.72 Å². The van der Waals surface area contributed by atoms with Crippen LogP contribution < -0.4 is 10.0 Å². The maximum absolute atomic E-state index is 12.4. The molecule has 0 radical (unpaired) electrons. The molecule has 2 heterocycles. The molecule has 0 bridgehead atoms. The van der Waals surface area contributed by atoms with E-state index >= 15 is 0 Å². The molecule has 0 saturated carbocycles. The predicted molar refractivity (Wildman–Crippen MR) is 69.7 cm³/mol. The fourth-order valence-corrected chi connectivity index (χ4v) is 3.92. The number of sulfonamides is 1. The van der Waals surface area contributed by atoms with Crippen LogP contribution in [0.4, 0.5) is 18.2 Å². The SMILES string of the molecule is COC(=O)c1c(NS(=O)(=O)C(F)(F)F)sc2c1CCNC2. The third-order valence-electron chi connectivity index (χ3n) is 2.85. The second-order valence-corrected chi connectivity index (χ2v) is 6.96. The Morgan fingerprint density at radius 1 is 1.43 bits per heavy atom. The third-order valence-corrected chi connectivity index (χ3v) is 5.21. The molecule has 1 aliphatic rings. The number of fused-ring (bicyclic) bond motifs is 1. The largest absolute Gasteiger partial charge is 0.516 e. The van der Waals surface area contributed by atoms with Crippen LogP contribution in [0.25, 0.3) is 0 Å². The first-order valence-electron chi connectivity index (χ1n) is 5.70. The van der Waals surface area contributed by atoms with E-state index in [9.17, 15) is 26.4 Å². The highest BCUT2D eigenvalue weighted by Gasteiger charge is 2.47. The summed E-state index contributed by atoms with van der Waals surface area (Å²) in [5.41, 5.74) is -5.08. The molecule has 0 amide bonds. The van der Waals surface area contributed by atoms with Crippen molar-refractivity contribution in [2.75, 3.05) is 18.4 Å². The van der Waals surface area contributed by atoms with Crippen LogP contribution in [0.1, 0.15) is 20.8 Å². The van der Waals surface area contributed by atoms with Gasteiger partial charge >= 0.3 is 21.5 Å². The van der Waals surface area contributed by atoms with Crippen LogP contribution in [0.3, 0.4) is 0 Å². The van der Waals surface area contributed by atoms with Crippen molar-refractivity contribution in [1.82, 2.24) is 5.32 Å². The summed E-state index contributed by atoms with van der Waals surface area (Å²) in [6.45, 7) is 0.900. The molecule has 118 valence electrons. The van der Waals surface area contributed by atoms with Gasteiger partial charge in [0.1, 0.15) is 5.00 Å². The minimum absolute atomic E-state index is 0.146. The van der Waals surface area contributed by atoms with E-state index in [-0.39, 0.29) is 10.6 Å². The highest BCUT2D eigenvalue weighted by Crippen LogP contribution is 2.38. The number of anilines is 1. The molecule has 2 N–H and O–H groups in total. The number of thiophene rings is 1. The third kappa shape index (κ3) is 2.99. The van der Waals surface area contributed by atoms with Gasteiger partial charge in [-0.1, -0.05) is 0 Å². The normalized spacial score (nSPS) is 15.4. The van der Waals surface area contributed by atoms with Gasteiger partial charge in [0.05, 0.1) is 12.7 Å². The molecule has 0 aromatic carbocycles. The average Bonchev–Trinajstić information content (AvgIpc) is 2.73. The molecule has 1 aliphatic heterocycles. The molecule has 6 nitrogen and oxygen atoms in total. The molecule has 0 saturated heterocycles. The number of carbonyl (C=O) groups is 1. The van der Waals surface area contributed by atoms with Crippen molar-refractivity contribution < 1.29 is 31.1 Å². The van der Waals surface area contributed by atoms with E-state index < -0.39 is 21.5 Å². The van der Waals surface area contributed by atoms with Crippen molar-refractivity contribution in [1.29, 1.82) is 0 Å². The minimum atomic E-state index is -5.58. The molecular formula is C10H11F3N2O4S2. The maximum Gasteiger partial charge on any atom is 0.516 e. The zero-order chi connectivity index (χ0) is 15.8. The summed E-state index contributed by atoms with van der Waals surface area (Å²) in [7, 11) is -4.50. The van der Waals surface area contributed by atoms with Gasteiger partial charge in [-0.05, 0) is 18.5 Å². The van der Waals surface area contributed by atoms with Crippen LogP contribution in [-0.2, 0) is 27.7 Å². The number of ether oxygens (including phenoxy) is 1. The average molecular weight is 344 g/mol. The van der Waals surface area contributed by atoms with Crippen LogP contribution in [-0.4, -0.2) is 33.5 Å². The number of rotatable bonds is 3. The smallest absolute Gasteiger partial charge is 0.465 e. The van der Waals surface area contributed by atoms with Crippen molar-refractivity contribution in [3.05, 3.63) is 16.0 Å². The van der Waals surface area contributed by atoms with E-state index in [0.29, 0.717) is 30.0 Å². The van der Waals surface area contributed by atoms with Crippen molar-refractivity contribution in [2.45, 2.75) is 18.5 Å². The van der Waals surface area contributed by atoms with Crippen LogP contribution in [0.15, 0.2) is 0 Å². The van der Waals surface area contributed by atoms with Crippen molar-refractivity contribution in [3.63, 3.8) is 0 Å². The summed E-state index contributed by atoms with van der Waals surface area (Å²) >= 11 is 0.795. The van der Waals surface area contributed by atoms with Crippen LogP contribution in [0.2, 0.25) is 0 Å². The molecule has 0 atom stereocenters. The van der Waals surface area contributed by atoms with Gasteiger partial charge in [0.25, 0.3) is 0 Å². The van der Waals surface area contributed by atoms with E-state index in [1.807, 2.05) is 0 Å². The van der Waals surface area contributed by atoms with Gasteiger partial charge in [-0.25, -0.2) is 4.79 Å². The summed E-state index contributed by atoms with van der Waals surface area (Å²) in [4.78, 5) is 12.4. The van der Waals surface area contributed by atoms with Crippen molar-refractivity contribution in [2.24, 2.45) is 0 Å². The summed E-state index contributed by atoms with van der Waals surface area (Å²) in [5, 5.41) is 2.62. The first-order valence-corrected chi connectivity index (χ1v) is 8.00. The number of hydrogen-bond donors (Lipinski definition) is 2. The lowest BCUT2D eigenvalue weighted by molar-refractivity contribution is -0.0429. The zero-order valence-corrected chi connectivity index (χ0v) is 12.3. The Morgan fingerprint density at radius 3 is 2.67 bits per heavy atom. The van der Waals surface area contributed by atoms with Gasteiger partial charge in [-0.3, -0.25) is 4.72 Å². The zero-order valence-electron chi connectivity index (χ0n) is 10.7. The second-order valence-electron chi connectivity index (χ2n) is 4.18. The van der Waals surface area contributed by atoms with E-state index in [0.717, 1.165) is 18.4 Å². The van der Waals surface area contributed by atoms with Gasteiger partial charge in [0.15, 0.2) is 0 Å². The Labute approximate surface area is 122 Å². The molecule has 0 fully saturated rings. The molecular weight excluding hydrogens is 333 g/mol. The highest BCUT2D eigenvalue weighted by molar-refractivity contribution is 7.93. The van der Waals surface area contributed by atoms with Gasteiger partial charge in [-0.2, -0.15) is 21.6 Å². The van der Waals surface area contributed by atoms with E-state index in [2.05, 4.69) is 10.1 Å². The van der Waals surface area contributed by atoms with Gasteiger partial charge < -0.3 is 10.1 Å². The lowest BCUT2D eigenvalue weighted by atomic mass is 10.0. The number of carbonyl (C=O) groups excluding carboxylic acids is 1. The number of methoxy groups -OCH3 is 1. The molecule has 0 aliphatic carbocycles. The summed E-state index contributed by atoms with van der Waals surface area (Å²) in [6, 6.07) is 0. The Balaban J connectivity index is 2.49. The minimum Gasteiger partial charge on any atom is -0.465 e. The summed E-state index contributed by atoms with van der Waals surface area (Å²) in [5.74, 6) is -0.866. The number of hydrogen-bond acceptors (Lipinski definition) is 6. The van der Waals surface area contributed by atoms with Crippen molar-refractivity contribution in [3.8, 4) is 0 Å². The second kappa shape index (κ2) is 5.46. The van der Waals surface area contributed by atoms with Gasteiger partial charge in [0.2, 0.25) is 0 Å². The monoisotopic (exact) mass is 344 g/mol. The lowest BCUT2D eigenvalue weighted by Gasteiger charge is -2.13. The fraction of sp³-hybridized carbons (Fsp3) is 0.500. The van der Waals surface area contributed by atoms with E-state index in [4.69, 9.17) is 0 Å². The maximum atomic E-state index is 12.4. The molecule has 0 spiro atoms. The quantitative estimate of drug-likeness (QED) is 0.811. The van der Waals surface area contributed by atoms with Crippen LogP contribution in [0, 0.1) is 0 Å². The molecule has 21 heavy (non-hydrogen) atoms. The molecule has 2 rings (SSSR count). The molecule has 1 aromatic rings. The molecule has 1 aromatic heterocycles. The first kappa shape index (κ1) is 16.0. The van der Waals surface area contributed by atoms with Gasteiger partial charge in [-0.15, -0.1) is 11.3 Å². The Kier molecular flexibility index (Phi) is 4.17. The summed E-state index contributed by atoms with van der Waals surface area (Å²) in [6.07, 6.45) is 0.407. The van der Waals surface area contributed by atoms with Gasteiger partial charge in [0, 0.05) is 11.4 Å². The first-order chi connectivity index (χ1) is 9.67. The van der Waals surface area contributed by atoms with Crippen LogP contribution >= 0.6 is 11.3 Å². The predicted octanol–water partition coefficient (Wildman–Crippen LogP) is 1.44. The number of alkyl halides is 3. The Bertz CT molecular complexity index is 667. The standard InChI is InChI=1S/C10H11F3N2O4S2/c1-19-9(16)7-5-2-3-14-4-6(5)20-8(7)15-21(17,18)10(11,12)13/h14-15H,2-4H2,1H3. The Hall–Kier alpha value is -1.33. The fourth-order valence-electron chi connectivity index (χ4n) is 1.90. The van der Waals surface area contributed by atoms with Crippen LogP contribution in [0.5, 0.6) is 0 Å². The highest BCUT2D eigenvalue weighted by atomic mass is 32.2. The topological polar surface area (TPSA) is 84.5 Å². The lowest BCUT2D eigenvalue weighted by Crippen LogP contribution is -2.30. The number of nitrogens with one attached hydrogen (secondary N) is 2. The molecule has 11 heteroatoms. The summed E-state index contributed by atoms with van der Waals surface area (Å²) < 4.78 is 65.7. The van der Waals surface area contributed by atoms with Crippen molar-refractivity contribution >= 4 is 32.3 Å².